The van der Waals surface area contributed by atoms with Crippen molar-refractivity contribution in [3.05, 3.63) is 59.5 Å². The first-order valence-corrected chi connectivity index (χ1v) is 7.38. The number of carbonyl (C=O) groups excluding carboxylic acids is 1. The fourth-order valence-electron chi connectivity index (χ4n) is 2.14. The van der Waals surface area contributed by atoms with Crippen LogP contribution in [0.15, 0.2) is 48.7 Å². The van der Waals surface area contributed by atoms with Gasteiger partial charge in [0.05, 0.1) is 12.3 Å². The van der Waals surface area contributed by atoms with E-state index in [1.54, 1.807) is 29.9 Å². The molecule has 7 heteroatoms. The topological polar surface area (TPSA) is 69.9 Å². The summed E-state index contributed by atoms with van der Waals surface area (Å²) in [5, 5.41) is 8.45. The van der Waals surface area contributed by atoms with E-state index in [2.05, 4.69) is 15.3 Å². The Morgan fingerprint density at radius 3 is 2.65 bits per heavy atom. The Labute approximate surface area is 137 Å². The molecule has 0 amide bonds. The maximum Gasteiger partial charge on any atom is 0.361 e. The highest BCUT2D eigenvalue weighted by atomic mass is 35.5. The number of hydrogen-bond donors (Lipinski definition) is 0. The molecule has 0 aliphatic carbocycles. The molecule has 0 unspecified atom stereocenters. The van der Waals surface area contributed by atoms with Crippen LogP contribution >= 0.6 is 11.6 Å². The molecule has 3 rings (SSSR count). The van der Waals surface area contributed by atoms with Gasteiger partial charge in [-0.15, -0.1) is 5.10 Å². The molecule has 0 spiro atoms. The maximum absolute atomic E-state index is 12.2. The average Bonchev–Trinajstić information content (AvgIpc) is 3.01. The van der Waals surface area contributed by atoms with Gasteiger partial charge in [-0.3, -0.25) is 0 Å². The Morgan fingerprint density at radius 2 is 2.00 bits per heavy atom. The van der Waals surface area contributed by atoms with Gasteiger partial charge in [0, 0.05) is 11.8 Å². The zero-order valence-electron chi connectivity index (χ0n) is 12.3. The molecule has 1 aromatic carbocycles. The highest BCUT2D eigenvalue weighted by Crippen LogP contribution is 2.26. The Hall–Kier alpha value is -2.73. The second-order valence-electron chi connectivity index (χ2n) is 4.62. The van der Waals surface area contributed by atoms with E-state index >= 15 is 0 Å². The first-order chi connectivity index (χ1) is 11.2. The molecule has 0 bridgehead atoms. The number of halogens is 1. The van der Waals surface area contributed by atoms with E-state index in [9.17, 15) is 4.79 Å². The highest BCUT2D eigenvalue weighted by Gasteiger charge is 2.23. The smallest absolute Gasteiger partial charge is 0.361 e. The first kappa shape index (κ1) is 15.2. The normalized spacial score (nSPS) is 10.5. The van der Waals surface area contributed by atoms with Crippen LogP contribution in [-0.4, -0.2) is 32.6 Å². The second kappa shape index (κ2) is 6.58. The van der Waals surface area contributed by atoms with Crippen LogP contribution in [0.3, 0.4) is 0 Å². The van der Waals surface area contributed by atoms with Crippen LogP contribution in [0, 0.1) is 0 Å². The van der Waals surface area contributed by atoms with E-state index in [4.69, 9.17) is 16.3 Å². The lowest BCUT2D eigenvalue weighted by atomic mass is 10.1. The molecule has 0 saturated carbocycles. The van der Waals surface area contributed by atoms with Crippen molar-refractivity contribution in [2.24, 2.45) is 0 Å². The van der Waals surface area contributed by atoms with Crippen molar-refractivity contribution in [2.75, 3.05) is 6.61 Å². The minimum absolute atomic E-state index is 0.139. The molecule has 0 atom stereocenters. The number of nitrogens with zero attached hydrogens (tertiary/aromatic N) is 4. The summed E-state index contributed by atoms with van der Waals surface area (Å²) in [7, 11) is 0. The third-order valence-electron chi connectivity index (χ3n) is 3.14. The molecule has 23 heavy (non-hydrogen) atoms. The predicted octanol–water partition coefficient (Wildman–Crippen LogP) is 3.16. The summed E-state index contributed by atoms with van der Waals surface area (Å²) in [6.07, 6.45) is 1.57. The summed E-state index contributed by atoms with van der Waals surface area (Å²) in [5.41, 5.74) is 2.10. The minimum Gasteiger partial charge on any atom is -0.461 e. The summed E-state index contributed by atoms with van der Waals surface area (Å²) in [4.78, 5) is 16.2. The summed E-state index contributed by atoms with van der Waals surface area (Å²) in [6.45, 7) is 2.00. The van der Waals surface area contributed by atoms with Crippen LogP contribution in [0.25, 0.3) is 16.9 Å². The second-order valence-corrected chi connectivity index (χ2v) is 5.01. The van der Waals surface area contributed by atoms with E-state index < -0.39 is 5.97 Å². The molecule has 2 heterocycles. The van der Waals surface area contributed by atoms with E-state index in [-0.39, 0.29) is 12.3 Å². The molecule has 0 N–H and O–H groups in total. The zero-order valence-corrected chi connectivity index (χ0v) is 13.1. The Bertz CT molecular complexity index is 816. The van der Waals surface area contributed by atoms with E-state index in [0.717, 1.165) is 5.69 Å². The van der Waals surface area contributed by atoms with E-state index in [0.29, 0.717) is 16.4 Å². The molecule has 2 aromatic heterocycles. The summed E-state index contributed by atoms with van der Waals surface area (Å²) >= 11 is 5.84. The number of rotatable bonds is 4. The molecule has 0 aliphatic heterocycles. The Morgan fingerprint density at radius 1 is 1.22 bits per heavy atom. The molecule has 0 radical (unpaired) electrons. The van der Waals surface area contributed by atoms with E-state index in [1.165, 1.54) is 0 Å². The van der Waals surface area contributed by atoms with Gasteiger partial charge in [-0.05, 0) is 31.2 Å². The first-order valence-electron chi connectivity index (χ1n) is 7.01. The Balaban J connectivity index is 2.18. The van der Waals surface area contributed by atoms with Gasteiger partial charge in [-0.25, -0.2) is 14.5 Å². The molecular weight excluding hydrogens is 316 g/mol. The van der Waals surface area contributed by atoms with Crippen LogP contribution in [0.2, 0.25) is 5.15 Å². The van der Waals surface area contributed by atoms with Gasteiger partial charge in [0.15, 0.2) is 5.69 Å². The number of aromatic nitrogens is 4. The number of carbonyl (C=O) groups is 1. The fraction of sp³-hybridized carbons (Fsp3) is 0.125. The van der Waals surface area contributed by atoms with Crippen molar-refractivity contribution in [3.63, 3.8) is 0 Å². The quantitative estimate of drug-likeness (QED) is 0.543. The lowest BCUT2D eigenvalue weighted by Crippen LogP contribution is -2.08. The SMILES string of the molecule is CCOC(=O)c1nnn(-c2ccccc2)c1-c1ccc(Cl)nc1. The van der Waals surface area contributed by atoms with Crippen molar-refractivity contribution < 1.29 is 9.53 Å². The van der Waals surface area contributed by atoms with Crippen LogP contribution < -0.4 is 0 Å². The third kappa shape index (κ3) is 3.07. The van der Waals surface area contributed by atoms with Crippen molar-refractivity contribution >= 4 is 17.6 Å². The average molecular weight is 329 g/mol. The summed E-state index contributed by atoms with van der Waals surface area (Å²) < 4.78 is 6.64. The predicted molar refractivity (Wildman–Crippen MR) is 85.6 cm³/mol. The monoisotopic (exact) mass is 328 g/mol. The van der Waals surface area contributed by atoms with Crippen LogP contribution in [0.4, 0.5) is 0 Å². The molecule has 0 aliphatic rings. The van der Waals surface area contributed by atoms with Gasteiger partial charge in [0.1, 0.15) is 10.8 Å². The van der Waals surface area contributed by atoms with Crippen molar-refractivity contribution in [3.8, 4) is 16.9 Å². The number of ether oxygens (including phenoxy) is 1. The van der Waals surface area contributed by atoms with Gasteiger partial charge in [0.25, 0.3) is 0 Å². The van der Waals surface area contributed by atoms with E-state index in [1.807, 2.05) is 30.3 Å². The van der Waals surface area contributed by atoms with Crippen molar-refractivity contribution in [2.45, 2.75) is 6.92 Å². The molecule has 6 nitrogen and oxygen atoms in total. The highest BCUT2D eigenvalue weighted by molar-refractivity contribution is 6.29. The molecule has 116 valence electrons. The van der Waals surface area contributed by atoms with Gasteiger partial charge in [0.2, 0.25) is 0 Å². The summed E-state index contributed by atoms with van der Waals surface area (Å²) in [5.74, 6) is -0.528. The zero-order chi connectivity index (χ0) is 16.2. The lowest BCUT2D eigenvalue weighted by Gasteiger charge is -2.08. The van der Waals surface area contributed by atoms with Crippen molar-refractivity contribution in [1.82, 2.24) is 20.0 Å². The standard InChI is InChI=1S/C16H13ClN4O2/c1-2-23-16(22)14-15(11-8-9-13(17)18-10-11)21(20-19-14)12-6-4-3-5-7-12/h3-10H,2H2,1H3. The number of benzene rings is 1. The van der Waals surface area contributed by atoms with Crippen LogP contribution in [-0.2, 0) is 4.74 Å². The number of para-hydroxylation sites is 1. The fourth-order valence-corrected chi connectivity index (χ4v) is 2.26. The Kier molecular flexibility index (Phi) is 4.34. The lowest BCUT2D eigenvalue weighted by molar-refractivity contribution is 0.0520. The number of hydrogen-bond acceptors (Lipinski definition) is 5. The maximum atomic E-state index is 12.2. The number of pyridine rings is 1. The van der Waals surface area contributed by atoms with Gasteiger partial charge < -0.3 is 4.74 Å². The van der Waals surface area contributed by atoms with Gasteiger partial charge in [-0.1, -0.05) is 35.0 Å². The summed E-state index contributed by atoms with van der Waals surface area (Å²) in [6, 6.07) is 12.8. The van der Waals surface area contributed by atoms with Gasteiger partial charge in [-0.2, -0.15) is 0 Å². The van der Waals surface area contributed by atoms with Crippen LogP contribution in [0.1, 0.15) is 17.4 Å². The molecular formula is C16H13ClN4O2. The van der Waals surface area contributed by atoms with Crippen LogP contribution in [0.5, 0.6) is 0 Å². The molecule has 0 fully saturated rings. The third-order valence-corrected chi connectivity index (χ3v) is 3.36. The minimum atomic E-state index is -0.528. The largest absolute Gasteiger partial charge is 0.461 e. The van der Waals surface area contributed by atoms with Gasteiger partial charge >= 0.3 is 5.97 Å². The molecule has 3 aromatic rings. The molecule has 0 saturated heterocycles. The number of esters is 1. The van der Waals surface area contributed by atoms with Crippen molar-refractivity contribution in [1.29, 1.82) is 0 Å².